The predicted molar refractivity (Wildman–Crippen MR) is 190 cm³/mol. The van der Waals surface area contributed by atoms with E-state index in [-0.39, 0.29) is 18.9 Å². The standard InChI is InChI=1S/C39H75NO4/c1-3-5-7-9-11-13-15-17-18-19-20-21-22-24-26-28-30-32-36(42)34-39(44)40-37(35-41)38(43)33-31-29-27-25-23-16-14-12-10-8-6-4-2/h11,13,15,17,36-38,41-43H,3-10,12,14,16,18-35H2,1-2H3,(H,40,44)/b13-11-,17-15-. The normalized spacial score (nSPS) is 14.0. The van der Waals surface area contributed by atoms with Crippen LogP contribution in [0.1, 0.15) is 194 Å². The van der Waals surface area contributed by atoms with E-state index in [1.165, 1.54) is 135 Å². The fourth-order valence-corrected chi connectivity index (χ4v) is 5.81. The van der Waals surface area contributed by atoms with Gasteiger partial charge in [0.1, 0.15) is 0 Å². The fraction of sp³-hybridized carbons (Fsp3) is 0.872. The molecule has 0 aliphatic heterocycles. The largest absolute Gasteiger partial charge is 0.394 e. The molecule has 4 N–H and O–H groups in total. The molecule has 0 radical (unpaired) electrons. The molecule has 5 nitrogen and oxygen atoms in total. The van der Waals surface area contributed by atoms with Crippen LogP contribution < -0.4 is 5.32 Å². The van der Waals surface area contributed by atoms with Gasteiger partial charge in [0.05, 0.1) is 31.3 Å². The van der Waals surface area contributed by atoms with Crippen LogP contribution in [0.15, 0.2) is 24.3 Å². The molecule has 260 valence electrons. The first kappa shape index (κ1) is 42.8. The number of unbranched alkanes of at least 4 members (excludes halogenated alkanes) is 22. The number of nitrogens with one attached hydrogen (secondary N) is 1. The number of carbonyl (C=O) groups is 1. The highest BCUT2D eigenvalue weighted by atomic mass is 16.3. The molecule has 0 bridgehead atoms. The van der Waals surface area contributed by atoms with Crippen LogP contribution in [0.25, 0.3) is 0 Å². The second-order valence-electron chi connectivity index (χ2n) is 13.2. The van der Waals surface area contributed by atoms with Gasteiger partial charge >= 0.3 is 0 Å². The highest BCUT2D eigenvalue weighted by Crippen LogP contribution is 2.15. The second kappa shape index (κ2) is 34.7. The van der Waals surface area contributed by atoms with Gasteiger partial charge in [-0.2, -0.15) is 0 Å². The number of amides is 1. The first-order valence-electron chi connectivity index (χ1n) is 19.1. The Balaban J connectivity index is 3.67. The Bertz CT molecular complexity index is 650. The smallest absolute Gasteiger partial charge is 0.222 e. The topological polar surface area (TPSA) is 89.8 Å². The highest BCUT2D eigenvalue weighted by molar-refractivity contribution is 5.76. The van der Waals surface area contributed by atoms with Crippen LogP contribution in [0.4, 0.5) is 0 Å². The quantitative estimate of drug-likeness (QED) is 0.0425. The van der Waals surface area contributed by atoms with Crippen molar-refractivity contribution >= 4 is 5.91 Å². The molecule has 0 spiro atoms. The maximum absolute atomic E-state index is 12.4. The minimum atomic E-state index is -0.747. The van der Waals surface area contributed by atoms with Crippen LogP contribution in [0.3, 0.4) is 0 Å². The third-order valence-corrected chi connectivity index (χ3v) is 8.80. The van der Waals surface area contributed by atoms with E-state index in [2.05, 4.69) is 43.5 Å². The van der Waals surface area contributed by atoms with Crippen LogP contribution in [-0.4, -0.2) is 46.1 Å². The van der Waals surface area contributed by atoms with Gasteiger partial charge in [-0.25, -0.2) is 0 Å². The third kappa shape index (κ3) is 30.8. The number of rotatable bonds is 34. The van der Waals surface area contributed by atoms with E-state index in [1.54, 1.807) is 0 Å². The maximum atomic E-state index is 12.4. The molecule has 0 aromatic carbocycles. The van der Waals surface area contributed by atoms with Crippen molar-refractivity contribution in [3.8, 4) is 0 Å². The van der Waals surface area contributed by atoms with Crippen molar-refractivity contribution in [2.24, 2.45) is 0 Å². The number of hydrogen-bond donors (Lipinski definition) is 4. The summed E-state index contributed by atoms with van der Waals surface area (Å²) in [5.74, 6) is -0.289. The summed E-state index contributed by atoms with van der Waals surface area (Å²) in [5.41, 5.74) is 0. The Kier molecular flexibility index (Phi) is 33.8. The minimum absolute atomic E-state index is 0.0327. The summed E-state index contributed by atoms with van der Waals surface area (Å²) in [6, 6.07) is -0.657. The van der Waals surface area contributed by atoms with E-state index in [9.17, 15) is 20.1 Å². The molecule has 0 aromatic heterocycles. The first-order valence-corrected chi connectivity index (χ1v) is 19.1. The van der Waals surface area contributed by atoms with Gasteiger partial charge in [-0.3, -0.25) is 4.79 Å². The van der Waals surface area contributed by atoms with Crippen LogP contribution in [0.5, 0.6) is 0 Å². The molecule has 0 aliphatic rings. The van der Waals surface area contributed by atoms with E-state index in [4.69, 9.17) is 0 Å². The molecular weight excluding hydrogens is 546 g/mol. The summed E-state index contributed by atoms with van der Waals surface area (Å²) >= 11 is 0. The summed E-state index contributed by atoms with van der Waals surface area (Å²) < 4.78 is 0. The fourth-order valence-electron chi connectivity index (χ4n) is 5.81. The molecule has 3 unspecified atom stereocenters. The van der Waals surface area contributed by atoms with Crippen molar-refractivity contribution < 1.29 is 20.1 Å². The van der Waals surface area contributed by atoms with Gasteiger partial charge in [-0.15, -0.1) is 0 Å². The van der Waals surface area contributed by atoms with E-state index < -0.39 is 18.2 Å². The molecule has 0 rings (SSSR count). The lowest BCUT2D eigenvalue weighted by Crippen LogP contribution is -2.46. The zero-order chi connectivity index (χ0) is 32.4. The Morgan fingerprint density at radius 1 is 0.568 bits per heavy atom. The van der Waals surface area contributed by atoms with E-state index in [0.717, 1.165) is 25.7 Å². The van der Waals surface area contributed by atoms with Crippen molar-refractivity contribution in [3.05, 3.63) is 24.3 Å². The molecule has 5 heteroatoms. The lowest BCUT2D eigenvalue weighted by Gasteiger charge is -2.23. The Labute approximate surface area is 273 Å². The lowest BCUT2D eigenvalue weighted by molar-refractivity contribution is -0.125. The van der Waals surface area contributed by atoms with Gasteiger partial charge in [-0.1, -0.05) is 173 Å². The van der Waals surface area contributed by atoms with E-state index >= 15 is 0 Å². The second-order valence-corrected chi connectivity index (χ2v) is 13.2. The number of aliphatic hydroxyl groups is 3. The van der Waals surface area contributed by atoms with E-state index in [1.807, 2.05) is 0 Å². The molecule has 0 saturated carbocycles. The zero-order valence-corrected chi connectivity index (χ0v) is 29.3. The molecule has 44 heavy (non-hydrogen) atoms. The van der Waals surface area contributed by atoms with Gasteiger partial charge in [0.25, 0.3) is 0 Å². The van der Waals surface area contributed by atoms with Crippen molar-refractivity contribution in [2.75, 3.05) is 6.61 Å². The van der Waals surface area contributed by atoms with Gasteiger partial charge < -0.3 is 20.6 Å². The molecule has 3 atom stereocenters. The molecule has 0 aliphatic carbocycles. The van der Waals surface area contributed by atoms with Crippen molar-refractivity contribution in [1.82, 2.24) is 5.32 Å². The summed E-state index contributed by atoms with van der Waals surface area (Å²) in [4.78, 5) is 12.4. The van der Waals surface area contributed by atoms with Crippen LogP contribution >= 0.6 is 0 Å². The first-order chi connectivity index (χ1) is 21.5. The summed E-state index contributed by atoms with van der Waals surface area (Å²) in [7, 11) is 0. The SMILES string of the molecule is CCCCC/C=C\C=C/CCCCCCCCCCC(O)CC(=O)NC(CO)C(O)CCCCCCCCCCCCCC. The molecule has 0 aromatic rings. The number of allylic oxidation sites excluding steroid dienone is 4. The molecule has 0 heterocycles. The summed E-state index contributed by atoms with van der Waals surface area (Å²) in [5, 5.41) is 33.2. The van der Waals surface area contributed by atoms with Gasteiger partial charge in [0, 0.05) is 0 Å². The summed E-state index contributed by atoms with van der Waals surface area (Å²) in [6.45, 7) is 4.21. The van der Waals surface area contributed by atoms with Crippen molar-refractivity contribution in [1.29, 1.82) is 0 Å². The molecule has 0 fully saturated rings. The van der Waals surface area contributed by atoms with Crippen LogP contribution in [0.2, 0.25) is 0 Å². The van der Waals surface area contributed by atoms with Gasteiger partial charge in [-0.05, 0) is 38.5 Å². The molecule has 1 amide bonds. The van der Waals surface area contributed by atoms with Crippen LogP contribution in [0, 0.1) is 0 Å². The van der Waals surface area contributed by atoms with Crippen molar-refractivity contribution in [2.45, 2.75) is 212 Å². The average Bonchev–Trinajstić information content (AvgIpc) is 3.01. The molecule has 0 saturated heterocycles. The number of carbonyl (C=O) groups excluding carboxylic acids is 1. The number of hydrogen-bond acceptors (Lipinski definition) is 4. The lowest BCUT2D eigenvalue weighted by atomic mass is 10.0. The number of aliphatic hydroxyl groups excluding tert-OH is 3. The summed E-state index contributed by atoms with van der Waals surface area (Å²) in [6.07, 6.45) is 39.8. The van der Waals surface area contributed by atoms with E-state index in [0.29, 0.717) is 12.8 Å². The Morgan fingerprint density at radius 3 is 1.43 bits per heavy atom. The van der Waals surface area contributed by atoms with Gasteiger partial charge in [0.15, 0.2) is 0 Å². The maximum Gasteiger partial charge on any atom is 0.222 e. The monoisotopic (exact) mass is 622 g/mol. The average molecular weight is 622 g/mol. The highest BCUT2D eigenvalue weighted by Gasteiger charge is 2.21. The van der Waals surface area contributed by atoms with Gasteiger partial charge in [0.2, 0.25) is 5.91 Å². The Hall–Kier alpha value is -1.17. The van der Waals surface area contributed by atoms with Crippen molar-refractivity contribution in [3.63, 3.8) is 0 Å². The predicted octanol–water partition coefficient (Wildman–Crippen LogP) is 10.3. The Morgan fingerprint density at radius 2 is 0.955 bits per heavy atom. The minimum Gasteiger partial charge on any atom is -0.394 e. The zero-order valence-electron chi connectivity index (χ0n) is 29.3. The van der Waals surface area contributed by atoms with Crippen LogP contribution in [-0.2, 0) is 4.79 Å². The molecular formula is C39H75NO4. The third-order valence-electron chi connectivity index (χ3n) is 8.80.